The summed E-state index contributed by atoms with van der Waals surface area (Å²) in [5.74, 6) is 0. The molecule has 1 atom stereocenters. The molecular weight excluding hydrogens is 697 g/mol. The van der Waals surface area contributed by atoms with E-state index in [1.165, 1.54) is 87.7 Å². The molecule has 11 rings (SSSR count). The third-order valence-electron chi connectivity index (χ3n) is 12.3. The van der Waals surface area contributed by atoms with Crippen molar-refractivity contribution in [1.29, 1.82) is 0 Å². The number of aryl methyl sites for hydroxylation is 2. The molecule has 2 nitrogen and oxygen atoms in total. The summed E-state index contributed by atoms with van der Waals surface area (Å²) in [5, 5.41) is 2.62. The fraction of sp³-hybridized carbons (Fsp3) is 0.0943. The van der Waals surface area contributed by atoms with E-state index in [-0.39, 0.29) is 5.41 Å². The van der Waals surface area contributed by atoms with Crippen molar-refractivity contribution in [3.8, 4) is 11.1 Å². The Bertz CT molecular complexity index is 2840. The number of fused-ring (bicyclic) bond motifs is 7. The summed E-state index contributed by atoms with van der Waals surface area (Å²) < 4.78 is 2.64. The summed E-state index contributed by atoms with van der Waals surface area (Å²) >= 11 is 1.87. The minimum absolute atomic E-state index is 0.0339. The van der Waals surface area contributed by atoms with Gasteiger partial charge in [0.1, 0.15) is 0 Å². The van der Waals surface area contributed by atoms with Crippen molar-refractivity contribution in [3.63, 3.8) is 0 Å². The molecule has 1 heterocycles. The fourth-order valence-electron chi connectivity index (χ4n) is 9.65. The van der Waals surface area contributed by atoms with Crippen molar-refractivity contribution in [2.75, 3.05) is 9.80 Å². The zero-order valence-electron chi connectivity index (χ0n) is 31.1. The van der Waals surface area contributed by atoms with Crippen LogP contribution in [-0.2, 0) is 18.3 Å². The molecule has 0 bridgehead atoms. The molecule has 1 aromatic heterocycles. The van der Waals surface area contributed by atoms with Crippen molar-refractivity contribution in [2.45, 2.75) is 31.1 Å². The standard InChI is InChI=1S/C53H40N2S/c1-4-14-37(15-5-1)45-20-10-12-22-50(45)55(42-28-29-52-47(34-42)46-21-11-13-23-51(46)56-52)44-27-25-39-31-33-53(49(39)36-44)32-30-38-24-26-43(35-48(38)53)54(40-16-6-2-7-17-40)41-18-8-3-9-19-41/h1-29,34-36H,30-33H2/t53-/m1/s1. The van der Waals surface area contributed by atoms with Gasteiger partial charge in [-0.25, -0.2) is 0 Å². The van der Waals surface area contributed by atoms with E-state index in [0.29, 0.717) is 0 Å². The molecule has 1 spiro atoms. The van der Waals surface area contributed by atoms with Crippen LogP contribution >= 0.6 is 11.3 Å². The van der Waals surface area contributed by atoms with Gasteiger partial charge in [0.2, 0.25) is 0 Å². The Labute approximate surface area is 332 Å². The molecule has 0 unspecified atom stereocenters. The SMILES string of the molecule is c1ccc(-c2ccccc2N(c2ccc3c(c2)[C@]2(CCc4ccc(N(c5ccccc5)c5ccccc5)cc42)CC3)c2ccc3sc4ccccc4c3c2)cc1. The van der Waals surface area contributed by atoms with E-state index in [1.807, 2.05) is 11.3 Å². The van der Waals surface area contributed by atoms with Crippen LogP contribution in [0.3, 0.4) is 0 Å². The Balaban J connectivity index is 1.08. The quantitative estimate of drug-likeness (QED) is 0.161. The van der Waals surface area contributed by atoms with Gasteiger partial charge >= 0.3 is 0 Å². The Morgan fingerprint density at radius 2 is 0.911 bits per heavy atom. The zero-order valence-corrected chi connectivity index (χ0v) is 31.9. The lowest BCUT2D eigenvalue weighted by atomic mass is 9.76. The van der Waals surface area contributed by atoms with Gasteiger partial charge in [-0.3, -0.25) is 0 Å². The van der Waals surface area contributed by atoms with Crippen LogP contribution in [0, 0.1) is 0 Å². The van der Waals surface area contributed by atoms with Crippen molar-refractivity contribution in [1.82, 2.24) is 0 Å². The van der Waals surface area contributed by atoms with E-state index in [0.717, 1.165) is 25.7 Å². The molecule has 0 amide bonds. The van der Waals surface area contributed by atoms with Gasteiger partial charge in [-0.1, -0.05) is 115 Å². The highest BCUT2D eigenvalue weighted by Gasteiger charge is 2.45. The number of benzene rings is 8. The third kappa shape index (κ3) is 5.38. The van der Waals surface area contributed by atoms with Crippen molar-refractivity contribution in [2.24, 2.45) is 0 Å². The van der Waals surface area contributed by atoms with Crippen LogP contribution in [0.1, 0.15) is 35.1 Å². The summed E-state index contributed by atoms with van der Waals surface area (Å²) in [6, 6.07) is 71.8. The van der Waals surface area contributed by atoms with Crippen molar-refractivity contribution < 1.29 is 0 Å². The van der Waals surface area contributed by atoms with Gasteiger partial charge < -0.3 is 9.80 Å². The molecule has 2 aliphatic rings. The van der Waals surface area contributed by atoms with Gasteiger partial charge in [-0.2, -0.15) is 0 Å². The van der Waals surface area contributed by atoms with Crippen LogP contribution in [0.25, 0.3) is 31.3 Å². The Kier molecular flexibility index (Phi) is 7.89. The second-order valence-electron chi connectivity index (χ2n) is 15.3. The number of anilines is 6. The summed E-state index contributed by atoms with van der Waals surface area (Å²) in [5.41, 5.74) is 15.4. The molecule has 0 aliphatic heterocycles. The van der Waals surface area contributed by atoms with Gasteiger partial charge in [-0.15, -0.1) is 11.3 Å². The van der Waals surface area contributed by atoms with Crippen LogP contribution < -0.4 is 9.80 Å². The molecule has 0 radical (unpaired) electrons. The average molecular weight is 737 g/mol. The van der Waals surface area contributed by atoms with Gasteiger partial charge in [0.25, 0.3) is 0 Å². The third-order valence-corrected chi connectivity index (χ3v) is 13.4. The van der Waals surface area contributed by atoms with Gasteiger partial charge in [0, 0.05) is 59.6 Å². The monoisotopic (exact) mass is 736 g/mol. The molecule has 8 aromatic carbocycles. The predicted octanol–water partition coefficient (Wildman–Crippen LogP) is 14.8. The molecule has 2 aliphatic carbocycles. The summed E-state index contributed by atoms with van der Waals surface area (Å²) in [6.45, 7) is 0. The maximum absolute atomic E-state index is 2.55. The Hall–Kier alpha value is -6.42. The number of rotatable bonds is 7. The first-order chi connectivity index (χ1) is 27.7. The van der Waals surface area contributed by atoms with Crippen molar-refractivity contribution >= 4 is 65.6 Å². The molecular formula is C53H40N2S. The smallest absolute Gasteiger partial charge is 0.0540 e. The lowest BCUT2D eigenvalue weighted by molar-refractivity contribution is 0.507. The summed E-state index contributed by atoms with van der Waals surface area (Å²) in [6.07, 6.45) is 4.45. The van der Waals surface area contributed by atoms with Gasteiger partial charge in [0.05, 0.1) is 5.69 Å². The van der Waals surface area contributed by atoms with E-state index in [2.05, 4.69) is 204 Å². The topological polar surface area (TPSA) is 6.48 Å². The first-order valence-corrected chi connectivity index (χ1v) is 20.6. The molecule has 56 heavy (non-hydrogen) atoms. The number of thiophene rings is 1. The summed E-state index contributed by atoms with van der Waals surface area (Å²) in [7, 11) is 0. The number of nitrogens with zero attached hydrogens (tertiary/aromatic N) is 2. The molecule has 0 N–H and O–H groups in total. The van der Waals surface area contributed by atoms with E-state index < -0.39 is 0 Å². The second-order valence-corrected chi connectivity index (χ2v) is 16.4. The molecule has 268 valence electrons. The molecule has 0 fully saturated rings. The predicted molar refractivity (Wildman–Crippen MR) is 238 cm³/mol. The highest BCUT2D eigenvalue weighted by molar-refractivity contribution is 7.25. The first-order valence-electron chi connectivity index (χ1n) is 19.8. The van der Waals surface area contributed by atoms with Crippen LogP contribution in [0.4, 0.5) is 34.1 Å². The first kappa shape index (κ1) is 33.0. The van der Waals surface area contributed by atoms with Crippen molar-refractivity contribution in [3.05, 3.63) is 216 Å². The second kappa shape index (κ2) is 13.4. The molecule has 3 heteroatoms. The number of hydrogen-bond donors (Lipinski definition) is 0. The van der Waals surface area contributed by atoms with Crippen LogP contribution in [-0.4, -0.2) is 0 Å². The molecule has 0 saturated heterocycles. The maximum Gasteiger partial charge on any atom is 0.0540 e. The lowest BCUT2D eigenvalue weighted by Gasteiger charge is -2.32. The Morgan fingerprint density at radius 1 is 0.393 bits per heavy atom. The largest absolute Gasteiger partial charge is 0.310 e. The van der Waals surface area contributed by atoms with Gasteiger partial charge in [-0.05, 0) is 132 Å². The van der Waals surface area contributed by atoms with Crippen LogP contribution in [0.15, 0.2) is 194 Å². The minimum Gasteiger partial charge on any atom is -0.310 e. The molecule has 9 aromatic rings. The molecule has 0 saturated carbocycles. The number of hydrogen-bond acceptors (Lipinski definition) is 3. The van der Waals surface area contributed by atoms with E-state index in [1.54, 1.807) is 0 Å². The highest BCUT2D eigenvalue weighted by Crippen LogP contribution is 2.55. The fourth-order valence-corrected chi connectivity index (χ4v) is 10.7. The minimum atomic E-state index is -0.0339. The highest BCUT2D eigenvalue weighted by atomic mass is 32.1. The van der Waals surface area contributed by atoms with Crippen LogP contribution in [0.5, 0.6) is 0 Å². The van der Waals surface area contributed by atoms with E-state index in [4.69, 9.17) is 0 Å². The zero-order chi connectivity index (χ0) is 37.1. The van der Waals surface area contributed by atoms with E-state index >= 15 is 0 Å². The van der Waals surface area contributed by atoms with E-state index in [9.17, 15) is 0 Å². The Morgan fingerprint density at radius 3 is 1.59 bits per heavy atom. The lowest BCUT2D eigenvalue weighted by Crippen LogP contribution is -2.22. The normalized spacial score (nSPS) is 15.6. The number of para-hydroxylation sites is 3. The average Bonchev–Trinajstić information content (AvgIpc) is 3.95. The van der Waals surface area contributed by atoms with Crippen LogP contribution in [0.2, 0.25) is 0 Å². The maximum atomic E-state index is 2.55. The van der Waals surface area contributed by atoms with Gasteiger partial charge in [0.15, 0.2) is 0 Å². The summed E-state index contributed by atoms with van der Waals surface area (Å²) in [4.78, 5) is 4.92.